The highest BCUT2D eigenvalue weighted by Gasteiger charge is 2.45. The second kappa shape index (κ2) is 11.5. The maximum atomic E-state index is 13.5. The number of aliphatic carboxylic acids is 1. The monoisotopic (exact) mass is 520 g/mol. The van der Waals surface area contributed by atoms with E-state index in [9.17, 15) is 23.1 Å². The number of hydrogen-bond acceptors (Lipinski definition) is 8. The van der Waals surface area contributed by atoms with Gasteiger partial charge in [0, 0.05) is 25.4 Å². The molecule has 1 aromatic heterocycles. The summed E-state index contributed by atoms with van der Waals surface area (Å²) in [5, 5.41) is 19.3. The van der Waals surface area contributed by atoms with E-state index in [2.05, 4.69) is 30.5 Å². The predicted molar refractivity (Wildman–Crippen MR) is 133 cm³/mol. The first kappa shape index (κ1) is 27.1. The van der Waals surface area contributed by atoms with Crippen LogP contribution in [0.15, 0.2) is 34.6 Å². The van der Waals surface area contributed by atoms with Gasteiger partial charge in [-0.2, -0.15) is 4.72 Å². The van der Waals surface area contributed by atoms with Crippen molar-refractivity contribution in [2.45, 2.75) is 63.4 Å². The molecular formula is C23H32N6O6S. The topological polar surface area (TPSA) is 175 Å². The molecule has 0 saturated carbocycles. The summed E-state index contributed by atoms with van der Waals surface area (Å²) in [6.07, 6.45) is 4.91. The van der Waals surface area contributed by atoms with Crippen molar-refractivity contribution in [3.63, 3.8) is 0 Å². The number of carbonyl (C=O) groups excluding carboxylic acids is 1. The van der Waals surface area contributed by atoms with Crippen molar-refractivity contribution in [1.82, 2.24) is 20.0 Å². The molecule has 3 rings (SSSR count). The lowest BCUT2D eigenvalue weighted by molar-refractivity contribution is -0.148. The first-order chi connectivity index (χ1) is 17.0. The third-order valence-electron chi connectivity index (χ3n) is 5.76. The molecule has 1 aliphatic rings. The van der Waals surface area contributed by atoms with Crippen LogP contribution in [0.2, 0.25) is 0 Å². The van der Waals surface area contributed by atoms with Crippen LogP contribution in [0.1, 0.15) is 48.8 Å². The number of anilines is 1. The van der Waals surface area contributed by atoms with Gasteiger partial charge in [-0.1, -0.05) is 29.3 Å². The molecule has 0 radical (unpaired) electrons. The van der Waals surface area contributed by atoms with E-state index in [0.717, 1.165) is 5.56 Å². The Kier molecular flexibility index (Phi) is 8.69. The molecule has 0 fully saturated rings. The van der Waals surface area contributed by atoms with Gasteiger partial charge in [0.2, 0.25) is 15.7 Å². The standard InChI is InChI=1S/C23H32N6O6S/c1-15-13-16(2)19(17(3)14-15)36(33,34)29-23(21(31)32,27-20(30)18-7-12-35-28-18)8-5-4-6-9-24-22-25-10-11-26-22/h10-11,13-14,29H,4-9,12H2,1-3H3,(H,27,30)(H,31,32)(H2,24,25,26). The van der Waals surface area contributed by atoms with Crippen molar-refractivity contribution in [2.24, 2.45) is 5.16 Å². The van der Waals surface area contributed by atoms with Gasteiger partial charge >= 0.3 is 5.97 Å². The van der Waals surface area contributed by atoms with E-state index in [1.165, 1.54) is 0 Å². The zero-order chi connectivity index (χ0) is 26.3. The minimum absolute atomic E-state index is 0.00479. The van der Waals surface area contributed by atoms with Crippen LogP contribution in [0, 0.1) is 20.8 Å². The smallest absolute Gasteiger partial charge is 0.345 e. The molecule has 1 atom stereocenters. The van der Waals surface area contributed by atoms with Crippen molar-refractivity contribution in [3.8, 4) is 0 Å². The molecule has 2 heterocycles. The van der Waals surface area contributed by atoms with Gasteiger partial charge in [-0.25, -0.2) is 18.2 Å². The average Bonchev–Trinajstić information content (AvgIpc) is 3.48. The van der Waals surface area contributed by atoms with Crippen LogP contribution < -0.4 is 15.4 Å². The van der Waals surface area contributed by atoms with Gasteiger partial charge in [0.1, 0.15) is 12.3 Å². The van der Waals surface area contributed by atoms with E-state index in [1.807, 2.05) is 6.92 Å². The SMILES string of the molecule is Cc1cc(C)c(S(=O)(=O)NC(CCCCCNc2ncc[nH]2)(NC(=O)C2=NOCC2)C(=O)O)c(C)c1. The highest BCUT2D eigenvalue weighted by atomic mass is 32.2. The van der Waals surface area contributed by atoms with Gasteiger partial charge in [-0.15, -0.1) is 0 Å². The van der Waals surface area contributed by atoms with Crippen molar-refractivity contribution in [2.75, 3.05) is 18.5 Å². The Morgan fingerprint density at radius 2 is 1.89 bits per heavy atom. The molecular weight excluding hydrogens is 488 g/mol. The Morgan fingerprint density at radius 1 is 1.17 bits per heavy atom. The van der Waals surface area contributed by atoms with E-state index < -0.39 is 27.6 Å². The number of rotatable bonds is 13. The van der Waals surface area contributed by atoms with Crippen molar-refractivity contribution in [3.05, 3.63) is 41.2 Å². The largest absolute Gasteiger partial charge is 0.478 e. The Balaban J connectivity index is 1.81. The normalized spacial score (nSPS) is 15.0. The molecule has 1 aliphatic heterocycles. The molecule has 36 heavy (non-hydrogen) atoms. The van der Waals surface area contributed by atoms with E-state index in [1.54, 1.807) is 38.4 Å². The number of unbranched alkanes of at least 4 members (excludes halogenated alkanes) is 2. The highest BCUT2D eigenvalue weighted by Crippen LogP contribution is 2.25. The minimum Gasteiger partial charge on any atom is -0.478 e. The molecule has 0 saturated heterocycles. The Labute approximate surface area is 210 Å². The summed E-state index contributed by atoms with van der Waals surface area (Å²) in [5.41, 5.74) is -0.445. The van der Waals surface area contributed by atoms with E-state index in [4.69, 9.17) is 4.84 Å². The quantitative estimate of drug-likeness (QED) is 0.197. The summed E-state index contributed by atoms with van der Waals surface area (Å²) < 4.78 is 29.3. The van der Waals surface area contributed by atoms with Gasteiger partial charge in [0.15, 0.2) is 5.95 Å². The number of oxime groups is 1. The Hall–Kier alpha value is -3.45. The first-order valence-electron chi connectivity index (χ1n) is 11.6. The number of aromatic amines is 1. The Bertz CT molecular complexity index is 1200. The fourth-order valence-corrected chi connectivity index (χ4v) is 5.97. The number of sulfonamides is 1. The lowest BCUT2D eigenvalue weighted by Gasteiger charge is -2.31. The minimum atomic E-state index is -4.33. The van der Waals surface area contributed by atoms with E-state index in [0.29, 0.717) is 42.9 Å². The van der Waals surface area contributed by atoms with Crippen LogP contribution >= 0.6 is 0 Å². The zero-order valence-electron chi connectivity index (χ0n) is 20.6. The lowest BCUT2D eigenvalue weighted by Crippen LogP contribution is -2.66. The van der Waals surface area contributed by atoms with Crippen molar-refractivity contribution < 1.29 is 28.0 Å². The van der Waals surface area contributed by atoms with Crippen LogP contribution in [0.25, 0.3) is 0 Å². The number of carboxylic acids is 1. The number of carboxylic acid groups (broad SMARTS) is 1. The van der Waals surface area contributed by atoms with Gasteiger partial charge in [0.05, 0.1) is 4.90 Å². The molecule has 196 valence electrons. The number of hydrogen-bond donors (Lipinski definition) is 5. The maximum Gasteiger partial charge on any atom is 0.345 e. The van der Waals surface area contributed by atoms with Crippen LogP contribution in [-0.4, -0.2) is 59.9 Å². The summed E-state index contributed by atoms with van der Waals surface area (Å²) >= 11 is 0. The van der Waals surface area contributed by atoms with Crippen LogP contribution in [0.4, 0.5) is 5.95 Å². The summed E-state index contributed by atoms with van der Waals surface area (Å²) in [5.74, 6) is -1.69. The summed E-state index contributed by atoms with van der Waals surface area (Å²) in [6.45, 7) is 5.91. The maximum absolute atomic E-state index is 13.5. The zero-order valence-corrected chi connectivity index (χ0v) is 21.4. The molecule has 13 heteroatoms. The molecule has 1 unspecified atom stereocenters. The molecule has 1 aromatic carbocycles. The molecule has 0 spiro atoms. The second-order valence-electron chi connectivity index (χ2n) is 8.79. The number of aryl methyl sites for hydroxylation is 3. The van der Waals surface area contributed by atoms with Gasteiger partial charge in [-0.05, 0) is 51.2 Å². The number of imidazole rings is 1. The van der Waals surface area contributed by atoms with Gasteiger partial charge in [0.25, 0.3) is 5.91 Å². The Morgan fingerprint density at radius 3 is 2.47 bits per heavy atom. The van der Waals surface area contributed by atoms with Crippen LogP contribution in [-0.2, 0) is 24.4 Å². The second-order valence-corrected chi connectivity index (χ2v) is 10.4. The van der Waals surface area contributed by atoms with Gasteiger partial charge < -0.3 is 25.6 Å². The number of carbonyl (C=O) groups is 2. The summed E-state index contributed by atoms with van der Waals surface area (Å²) in [4.78, 5) is 37.2. The van der Waals surface area contributed by atoms with Gasteiger partial charge in [-0.3, -0.25) is 4.79 Å². The fourth-order valence-electron chi connectivity index (χ4n) is 4.21. The first-order valence-corrected chi connectivity index (χ1v) is 13.1. The molecule has 0 bridgehead atoms. The molecule has 5 N–H and O–H groups in total. The number of H-pyrrole nitrogens is 1. The molecule has 12 nitrogen and oxygen atoms in total. The molecule has 0 aliphatic carbocycles. The summed E-state index contributed by atoms with van der Waals surface area (Å²) in [7, 11) is -4.33. The van der Waals surface area contributed by atoms with Crippen molar-refractivity contribution >= 4 is 33.6 Å². The third kappa shape index (κ3) is 6.61. The molecule has 2 aromatic rings. The predicted octanol–water partition coefficient (Wildman–Crippen LogP) is 1.96. The number of benzene rings is 1. The lowest BCUT2D eigenvalue weighted by atomic mass is 10.0. The summed E-state index contributed by atoms with van der Waals surface area (Å²) in [6, 6.07) is 3.42. The van der Waals surface area contributed by atoms with Crippen LogP contribution in [0.5, 0.6) is 0 Å². The fraction of sp³-hybridized carbons (Fsp3) is 0.478. The average molecular weight is 521 g/mol. The third-order valence-corrected chi connectivity index (χ3v) is 7.56. The number of aromatic nitrogens is 2. The highest BCUT2D eigenvalue weighted by molar-refractivity contribution is 7.89. The van der Waals surface area contributed by atoms with Crippen molar-refractivity contribution in [1.29, 1.82) is 0 Å². The molecule has 1 amide bonds. The van der Waals surface area contributed by atoms with E-state index >= 15 is 0 Å². The van der Waals surface area contributed by atoms with E-state index in [-0.39, 0.29) is 30.1 Å². The number of amides is 1. The van der Waals surface area contributed by atoms with Crippen LogP contribution in [0.3, 0.4) is 0 Å². The number of nitrogens with one attached hydrogen (secondary N) is 4. The number of nitrogens with zero attached hydrogens (tertiary/aromatic N) is 2.